The molecule has 1 aromatic rings. The third kappa shape index (κ3) is 2.14. The van der Waals surface area contributed by atoms with Gasteiger partial charge in [0.05, 0.1) is 0 Å². The summed E-state index contributed by atoms with van der Waals surface area (Å²) >= 11 is 8.22. The largest absolute Gasteiger partial charge is 0.265 e. The van der Waals surface area contributed by atoms with Gasteiger partial charge in [-0.1, -0.05) is 27.5 Å². The summed E-state index contributed by atoms with van der Waals surface area (Å²) in [6, 6.07) is 0. The van der Waals surface area contributed by atoms with Crippen molar-refractivity contribution in [2.75, 3.05) is 0 Å². The van der Waals surface area contributed by atoms with Crippen LogP contribution in [0.2, 0.25) is 5.15 Å². The van der Waals surface area contributed by atoms with E-state index in [0.29, 0.717) is 0 Å². The normalized spacial score (nSPS) is 10.9. The van der Waals surface area contributed by atoms with Gasteiger partial charge < -0.3 is 0 Å². The molecule has 1 aromatic heterocycles. The molecule has 6 heteroatoms. The fraction of sp³-hybridized carbons (Fsp3) is 0.286. The molecule has 0 atom stereocenters. The molecule has 0 radical (unpaired) electrons. The average Bonchev–Trinajstić information content (AvgIpc) is 2.09. The molecule has 0 saturated heterocycles. The van der Waals surface area contributed by atoms with E-state index in [2.05, 4.69) is 20.9 Å². The fourth-order valence-corrected chi connectivity index (χ4v) is 1.57. The Bertz CT molecular complexity index is 319. The van der Waals surface area contributed by atoms with Gasteiger partial charge in [0.1, 0.15) is 0 Å². The Morgan fingerprint density at radius 2 is 2.15 bits per heavy atom. The standard InChI is InChI=1S/C7H4BrClF3N/c8-1-3-4(7(11)12)2-13-6(9)5(3)10/h2,7H,1H2. The molecule has 0 aliphatic heterocycles. The van der Waals surface area contributed by atoms with Crippen LogP contribution in [-0.2, 0) is 5.33 Å². The lowest BCUT2D eigenvalue weighted by Gasteiger charge is -2.07. The lowest BCUT2D eigenvalue weighted by molar-refractivity contribution is 0.149. The van der Waals surface area contributed by atoms with Gasteiger partial charge in [-0.15, -0.1) is 0 Å². The van der Waals surface area contributed by atoms with Crippen LogP contribution in [0.1, 0.15) is 17.6 Å². The molecule has 1 rings (SSSR count). The van der Waals surface area contributed by atoms with Crippen LogP contribution in [0.4, 0.5) is 13.2 Å². The number of hydrogen-bond donors (Lipinski definition) is 0. The van der Waals surface area contributed by atoms with Crippen molar-refractivity contribution in [2.24, 2.45) is 0 Å². The van der Waals surface area contributed by atoms with E-state index in [-0.39, 0.29) is 16.0 Å². The van der Waals surface area contributed by atoms with E-state index in [0.717, 1.165) is 6.20 Å². The van der Waals surface area contributed by atoms with Crippen molar-refractivity contribution < 1.29 is 13.2 Å². The zero-order valence-electron chi connectivity index (χ0n) is 6.20. The zero-order chi connectivity index (χ0) is 10.0. The molecule has 13 heavy (non-hydrogen) atoms. The average molecular weight is 274 g/mol. The molecule has 0 N–H and O–H groups in total. The number of rotatable bonds is 2. The Morgan fingerprint density at radius 3 is 2.62 bits per heavy atom. The molecule has 0 unspecified atom stereocenters. The molecular weight excluding hydrogens is 270 g/mol. The third-order valence-electron chi connectivity index (χ3n) is 1.48. The van der Waals surface area contributed by atoms with Gasteiger partial charge in [-0.2, -0.15) is 0 Å². The van der Waals surface area contributed by atoms with Gasteiger partial charge in [-0.05, 0) is 0 Å². The summed E-state index contributed by atoms with van der Waals surface area (Å²) in [5, 5.41) is -0.403. The van der Waals surface area contributed by atoms with Gasteiger partial charge in [0.25, 0.3) is 6.43 Å². The summed E-state index contributed by atoms with van der Waals surface area (Å²) in [4.78, 5) is 3.30. The molecule has 0 amide bonds. The van der Waals surface area contributed by atoms with Gasteiger partial charge in [-0.25, -0.2) is 18.2 Å². The van der Waals surface area contributed by atoms with Crippen molar-refractivity contribution in [2.45, 2.75) is 11.8 Å². The van der Waals surface area contributed by atoms with E-state index in [9.17, 15) is 13.2 Å². The first-order chi connectivity index (χ1) is 6.07. The Labute approximate surface area is 86.0 Å². The number of halogens is 5. The van der Waals surface area contributed by atoms with Crippen LogP contribution in [0, 0.1) is 5.82 Å². The summed E-state index contributed by atoms with van der Waals surface area (Å²) in [7, 11) is 0. The first kappa shape index (κ1) is 10.8. The minimum Gasteiger partial charge on any atom is -0.241 e. The minimum atomic E-state index is -2.74. The number of nitrogens with zero attached hydrogens (tertiary/aromatic N) is 1. The summed E-state index contributed by atoms with van der Waals surface area (Å²) in [5.41, 5.74) is -0.575. The smallest absolute Gasteiger partial charge is 0.241 e. The minimum absolute atomic E-state index is 0.0131. The van der Waals surface area contributed by atoms with E-state index in [1.807, 2.05) is 0 Å². The highest BCUT2D eigenvalue weighted by Crippen LogP contribution is 2.28. The van der Waals surface area contributed by atoms with E-state index in [1.54, 1.807) is 0 Å². The third-order valence-corrected chi connectivity index (χ3v) is 2.30. The van der Waals surface area contributed by atoms with Crippen molar-refractivity contribution in [1.82, 2.24) is 4.98 Å². The number of hydrogen-bond acceptors (Lipinski definition) is 1. The maximum atomic E-state index is 13.1. The van der Waals surface area contributed by atoms with E-state index in [1.165, 1.54) is 0 Å². The maximum absolute atomic E-state index is 13.1. The van der Waals surface area contributed by atoms with Crippen molar-refractivity contribution >= 4 is 27.5 Å². The van der Waals surface area contributed by atoms with Crippen LogP contribution in [0.5, 0.6) is 0 Å². The van der Waals surface area contributed by atoms with Gasteiger partial charge in [-0.3, -0.25) is 0 Å². The van der Waals surface area contributed by atoms with Crippen molar-refractivity contribution in [3.8, 4) is 0 Å². The Morgan fingerprint density at radius 1 is 1.54 bits per heavy atom. The van der Waals surface area contributed by atoms with Crippen LogP contribution >= 0.6 is 27.5 Å². The lowest BCUT2D eigenvalue weighted by atomic mass is 10.1. The van der Waals surface area contributed by atoms with Crippen molar-refractivity contribution in [1.29, 1.82) is 0 Å². The molecule has 0 bridgehead atoms. The van der Waals surface area contributed by atoms with Gasteiger partial charge >= 0.3 is 0 Å². The second-order valence-corrected chi connectivity index (χ2v) is 3.15. The Kier molecular flexibility index (Phi) is 3.55. The second kappa shape index (κ2) is 4.28. The SMILES string of the molecule is Fc1c(Cl)ncc(C(F)F)c1CBr. The molecule has 0 aliphatic carbocycles. The predicted molar refractivity (Wildman–Crippen MR) is 46.8 cm³/mol. The Hall–Kier alpha value is -0.290. The molecule has 1 heterocycles. The highest BCUT2D eigenvalue weighted by molar-refractivity contribution is 9.08. The Balaban J connectivity index is 3.30. The van der Waals surface area contributed by atoms with Gasteiger partial charge in [0.2, 0.25) is 0 Å². The highest BCUT2D eigenvalue weighted by atomic mass is 79.9. The van der Waals surface area contributed by atoms with Gasteiger partial charge in [0.15, 0.2) is 11.0 Å². The topological polar surface area (TPSA) is 12.9 Å². The monoisotopic (exact) mass is 273 g/mol. The molecular formula is C7H4BrClF3N. The lowest BCUT2D eigenvalue weighted by Crippen LogP contribution is -1.99. The summed E-state index contributed by atoms with van der Waals surface area (Å²) in [6.07, 6.45) is -1.86. The van der Waals surface area contributed by atoms with Crippen LogP contribution < -0.4 is 0 Å². The van der Waals surface area contributed by atoms with E-state index < -0.39 is 17.8 Å². The highest BCUT2D eigenvalue weighted by Gasteiger charge is 2.18. The van der Waals surface area contributed by atoms with E-state index in [4.69, 9.17) is 11.6 Å². The molecule has 0 fully saturated rings. The number of alkyl halides is 3. The molecule has 0 spiro atoms. The van der Waals surface area contributed by atoms with Crippen LogP contribution in [0.15, 0.2) is 6.20 Å². The summed E-state index contributed by atoms with van der Waals surface area (Å²) in [6.45, 7) is 0. The fourth-order valence-electron chi connectivity index (χ4n) is 0.836. The number of pyridine rings is 1. The molecule has 1 nitrogen and oxygen atoms in total. The van der Waals surface area contributed by atoms with Crippen LogP contribution in [0.3, 0.4) is 0 Å². The van der Waals surface area contributed by atoms with Crippen LogP contribution in [-0.4, -0.2) is 4.98 Å². The summed E-state index contributed by atoms with van der Waals surface area (Å²) < 4.78 is 37.6. The predicted octanol–water partition coefficient (Wildman–Crippen LogP) is 3.71. The molecule has 0 aliphatic rings. The van der Waals surface area contributed by atoms with E-state index >= 15 is 0 Å². The van der Waals surface area contributed by atoms with Crippen molar-refractivity contribution in [3.63, 3.8) is 0 Å². The quantitative estimate of drug-likeness (QED) is 0.592. The van der Waals surface area contributed by atoms with Crippen molar-refractivity contribution in [3.05, 3.63) is 28.3 Å². The zero-order valence-corrected chi connectivity index (χ0v) is 8.54. The number of aromatic nitrogens is 1. The maximum Gasteiger partial charge on any atom is 0.265 e. The molecule has 0 aromatic carbocycles. The summed E-state index contributed by atoms with van der Waals surface area (Å²) in [5.74, 6) is -0.892. The first-order valence-electron chi connectivity index (χ1n) is 3.24. The van der Waals surface area contributed by atoms with Crippen LogP contribution in [0.25, 0.3) is 0 Å². The first-order valence-corrected chi connectivity index (χ1v) is 4.74. The molecule has 0 saturated carbocycles. The van der Waals surface area contributed by atoms with Gasteiger partial charge in [0, 0.05) is 22.7 Å². The second-order valence-electron chi connectivity index (χ2n) is 2.23. The molecule has 72 valence electrons.